The predicted molar refractivity (Wildman–Crippen MR) is 96.8 cm³/mol. The summed E-state index contributed by atoms with van der Waals surface area (Å²) in [5, 5.41) is 4.01. The second kappa shape index (κ2) is 6.50. The van der Waals surface area contributed by atoms with Gasteiger partial charge in [-0.1, -0.05) is 23.7 Å². The van der Waals surface area contributed by atoms with Gasteiger partial charge in [0, 0.05) is 36.4 Å². The Morgan fingerprint density at radius 1 is 1.32 bits per heavy atom. The predicted octanol–water partition coefficient (Wildman–Crippen LogP) is 3.58. The fraction of sp³-hybridized carbons (Fsp3) is 0.263. The van der Waals surface area contributed by atoms with Crippen molar-refractivity contribution in [3.63, 3.8) is 0 Å². The van der Waals surface area contributed by atoms with E-state index in [0.29, 0.717) is 35.0 Å². The number of furan rings is 1. The normalized spacial score (nSPS) is 17.8. The Morgan fingerprint density at radius 2 is 2.20 bits per heavy atom. The van der Waals surface area contributed by atoms with Crippen LogP contribution in [-0.2, 0) is 0 Å². The minimum atomic E-state index is -0.123. The van der Waals surface area contributed by atoms with Crippen LogP contribution >= 0.6 is 11.6 Å². The summed E-state index contributed by atoms with van der Waals surface area (Å²) in [6.45, 7) is 3.96. The molecule has 0 bridgehead atoms. The molecule has 0 spiro atoms. The van der Waals surface area contributed by atoms with Gasteiger partial charge in [-0.25, -0.2) is 4.98 Å². The SMILES string of the molecule is Cc1ccc2oc(C(=O)N3CCNCC3c3cccc(Cl)c3)cc2n1. The molecule has 0 saturated carbocycles. The van der Waals surface area contributed by atoms with Crippen molar-refractivity contribution >= 4 is 28.6 Å². The number of rotatable bonds is 2. The highest BCUT2D eigenvalue weighted by atomic mass is 35.5. The third-order valence-electron chi connectivity index (χ3n) is 4.46. The van der Waals surface area contributed by atoms with Gasteiger partial charge in [-0.2, -0.15) is 0 Å². The molecule has 1 aliphatic heterocycles. The number of aromatic nitrogens is 1. The number of hydrogen-bond donors (Lipinski definition) is 1. The zero-order valence-electron chi connectivity index (χ0n) is 13.8. The summed E-state index contributed by atoms with van der Waals surface area (Å²) in [6, 6.07) is 13.0. The monoisotopic (exact) mass is 355 g/mol. The van der Waals surface area contributed by atoms with E-state index in [1.165, 1.54) is 0 Å². The molecular weight excluding hydrogens is 338 g/mol. The van der Waals surface area contributed by atoms with Crippen LogP contribution in [0.15, 0.2) is 46.9 Å². The van der Waals surface area contributed by atoms with E-state index in [1.54, 1.807) is 6.07 Å². The minimum Gasteiger partial charge on any atom is -0.449 e. The van der Waals surface area contributed by atoms with Crippen molar-refractivity contribution in [1.82, 2.24) is 15.2 Å². The molecule has 1 aliphatic rings. The molecule has 1 unspecified atom stereocenters. The van der Waals surface area contributed by atoms with Gasteiger partial charge in [0.1, 0.15) is 5.52 Å². The number of hydrogen-bond acceptors (Lipinski definition) is 4. The van der Waals surface area contributed by atoms with Gasteiger partial charge >= 0.3 is 0 Å². The quantitative estimate of drug-likeness (QED) is 0.763. The Morgan fingerprint density at radius 3 is 3.04 bits per heavy atom. The number of benzene rings is 1. The second-order valence-corrected chi connectivity index (χ2v) is 6.66. The summed E-state index contributed by atoms with van der Waals surface area (Å²) in [6.07, 6.45) is 0. The minimum absolute atomic E-state index is 0.0807. The average molecular weight is 356 g/mol. The number of nitrogens with one attached hydrogen (secondary N) is 1. The van der Waals surface area contributed by atoms with Crippen LogP contribution in [0.2, 0.25) is 5.02 Å². The first kappa shape index (κ1) is 16.1. The Hall–Kier alpha value is -2.37. The van der Waals surface area contributed by atoms with Crippen LogP contribution in [0.3, 0.4) is 0 Å². The van der Waals surface area contributed by atoms with E-state index in [1.807, 2.05) is 48.2 Å². The van der Waals surface area contributed by atoms with Gasteiger partial charge in [0.05, 0.1) is 6.04 Å². The molecule has 1 fully saturated rings. The zero-order valence-corrected chi connectivity index (χ0v) is 14.6. The molecule has 1 aromatic carbocycles. The van der Waals surface area contributed by atoms with Crippen molar-refractivity contribution in [2.75, 3.05) is 19.6 Å². The van der Waals surface area contributed by atoms with Crippen molar-refractivity contribution in [3.05, 3.63) is 64.5 Å². The highest BCUT2D eigenvalue weighted by Gasteiger charge is 2.30. The molecule has 1 saturated heterocycles. The van der Waals surface area contributed by atoms with E-state index in [9.17, 15) is 4.79 Å². The van der Waals surface area contributed by atoms with Crippen molar-refractivity contribution in [2.45, 2.75) is 13.0 Å². The Labute approximate surface area is 150 Å². The highest BCUT2D eigenvalue weighted by molar-refractivity contribution is 6.30. The first-order valence-corrected chi connectivity index (χ1v) is 8.64. The standard InChI is InChI=1S/C19H18ClN3O2/c1-12-5-6-17-15(22-12)10-18(25-17)19(24)23-8-7-21-11-16(23)13-3-2-4-14(20)9-13/h2-6,9-10,16,21H,7-8,11H2,1H3. The van der Waals surface area contributed by atoms with E-state index in [4.69, 9.17) is 16.0 Å². The largest absolute Gasteiger partial charge is 0.449 e. The third kappa shape index (κ3) is 3.13. The summed E-state index contributed by atoms with van der Waals surface area (Å²) < 4.78 is 5.75. The number of pyridine rings is 1. The van der Waals surface area contributed by atoms with Crippen LogP contribution in [-0.4, -0.2) is 35.4 Å². The number of piperazine rings is 1. The van der Waals surface area contributed by atoms with Crippen LogP contribution < -0.4 is 5.32 Å². The molecule has 6 heteroatoms. The molecule has 4 rings (SSSR count). The fourth-order valence-electron chi connectivity index (χ4n) is 3.23. The fourth-order valence-corrected chi connectivity index (χ4v) is 3.43. The number of nitrogens with zero attached hydrogens (tertiary/aromatic N) is 2. The van der Waals surface area contributed by atoms with Gasteiger partial charge in [-0.3, -0.25) is 4.79 Å². The van der Waals surface area contributed by atoms with Crippen molar-refractivity contribution in [3.8, 4) is 0 Å². The summed E-state index contributed by atoms with van der Waals surface area (Å²) in [5.41, 5.74) is 3.24. The number of halogens is 1. The Balaban J connectivity index is 1.68. The van der Waals surface area contributed by atoms with Gasteiger partial charge < -0.3 is 14.6 Å². The molecule has 3 heterocycles. The number of amides is 1. The molecule has 5 nitrogen and oxygen atoms in total. The van der Waals surface area contributed by atoms with Gasteiger partial charge in [0.2, 0.25) is 0 Å². The summed E-state index contributed by atoms with van der Waals surface area (Å²) in [5.74, 6) is 0.198. The lowest BCUT2D eigenvalue weighted by Gasteiger charge is -2.36. The molecule has 0 aliphatic carbocycles. The molecule has 1 amide bonds. The Bertz CT molecular complexity index is 937. The molecule has 1 N–H and O–H groups in total. The van der Waals surface area contributed by atoms with E-state index in [2.05, 4.69) is 10.3 Å². The number of carbonyl (C=O) groups is 1. The number of fused-ring (bicyclic) bond motifs is 1. The first-order valence-electron chi connectivity index (χ1n) is 8.26. The van der Waals surface area contributed by atoms with Crippen molar-refractivity contribution in [2.24, 2.45) is 0 Å². The molecule has 3 aromatic rings. The van der Waals surface area contributed by atoms with Crippen LogP contribution in [0.1, 0.15) is 27.9 Å². The molecular formula is C19H18ClN3O2. The van der Waals surface area contributed by atoms with Crippen LogP contribution in [0.5, 0.6) is 0 Å². The lowest BCUT2D eigenvalue weighted by molar-refractivity contribution is 0.0604. The van der Waals surface area contributed by atoms with Crippen LogP contribution in [0.4, 0.5) is 0 Å². The summed E-state index contributed by atoms with van der Waals surface area (Å²) >= 11 is 6.13. The first-order chi connectivity index (χ1) is 12.1. The van der Waals surface area contributed by atoms with E-state index >= 15 is 0 Å². The molecule has 128 valence electrons. The van der Waals surface area contributed by atoms with Gasteiger partial charge in [0.25, 0.3) is 5.91 Å². The summed E-state index contributed by atoms with van der Waals surface area (Å²) in [4.78, 5) is 19.3. The van der Waals surface area contributed by atoms with Gasteiger partial charge in [0.15, 0.2) is 11.3 Å². The van der Waals surface area contributed by atoms with Crippen molar-refractivity contribution < 1.29 is 9.21 Å². The van der Waals surface area contributed by atoms with E-state index in [0.717, 1.165) is 17.8 Å². The van der Waals surface area contributed by atoms with Gasteiger partial charge in [-0.05, 0) is 36.8 Å². The second-order valence-electron chi connectivity index (χ2n) is 6.22. The smallest absolute Gasteiger partial charge is 0.290 e. The highest BCUT2D eigenvalue weighted by Crippen LogP contribution is 2.27. The molecule has 25 heavy (non-hydrogen) atoms. The van der Waals surface area contributed by atoms with E-state index < -0.39 is 0 Å². The lowest BCUT2D eigenvalue weighted by atomic mass is 10.0. The maximum atomic E-state index is 13.1. The molecule has 2 aromatic heterocycles. The van der Waals surface area contributed by atoms with Crippen LogP contribution in [0.25, 0.3) is 11.1 Å². The van der Waals surface area contributed by atoms with E-state index in [-0.39, 0.29) is 11.9 Å². The van der Waals surface area contributed by atoms with Crippen LogP contribution in [0, 0.1) is 6.92 Å². The lowest BCUT2D eigenvalue weighted by Crippen LogP contribution is -2.48. The average Bonchev–Trinajstić information content (AvgIpc) is 3.04. The molecule has 0 radical (unpaired) electrons. The topological polar surface area (TPSA) is 58.4 Å². The van der Waals surface area contributed by atoms with Crippen molar-refractivity contribution in [1.29, 1.82) is 0 Å². The third-order valence-corrected chi connectivity index (χ3v) is 4.70. The maximum absolute atomic E-state index is 13.1. The summed E-state index contributed by atoms with van der Waals surface area (Å²) in [7, 11) is 0. The molecule has 1 atom stereocenters. The number of aryl methyl sites for hydroxylation is 1. The number of carbonyl (C=O) groups excluding carboxylic acids is 1. The zero-order chi connectivity index (χ0) is 17.4. The Kier molecular flexibility index (Phi) is 4.19. The maximum Gasteiger partial charge on any atom is 0.290 e. The van der Waals surface area contributed by atoms with Gasteiger partial charge in [-0.15, -0.1) is 0 Å².